The molecule has 1 saturated carbocycles. The monoisotopic (exact) mass is 329 g/mol. The van der Waals surface area contributed by atoms with Gasteiger partial charge in [-0.1, -0.05) is 26.2 Å². The van der Waals surface area contributed by atoms with Gasteiger partial charge in [-0.25, -0.2) is 0 Å². The lowest BCUT2D eigenvalue weighted by Gasteiger charge is -2.22. The molecule has 1 aliphatic rings. The van der Waals surface area contributed by atoms with Gasteiger partial charge in [0.2, 0.25) is 0 Å². The van der Waals surface area contributed by atoms with Crippen LogP contribution in [0, 0.1) is 12.8 Å². The van der Waals surface area contributed by atoms with E-state index in [1.54, 1.807) is 0 Å². The molecule has 2 rings (SSSR count). The number of halogens is 1. The van der Waals surface area contributed by atoms with Crippen molar-refractivity contribution in [3.8, 4) is 0 Å². The van der Waals surface area contributed by atoms with Gasteiger partial charge in [-0.05, 0) is 53.2 Å². The Balaban J connectivity index is 2.01. The minimum Gasteiger partial charge on any atom is -0.348 e. The molecule has 4 heteroatoms. The van der Waals surface area contributed by atoms with Crippen molar-refractivity contribution in [3.63, 3.8) is 0 Å². The smallest absolute Gasteiger partial charge is 0.261 e. The van der Waals surface area contributed by atoms with Gasteiger partial charge < -0.3 is 5.32 Å². The Morgan fingerprint density at radius 2 is 2.11 bits per heavy atom. The van der Waals surface area contributed by atoms with Crippen molar-refractivity contribution in [2.75, 3.05) is 0 Å². The summed E-state index contributed by atoms with van der Waals surface area (Å²) in [6.07, 6.45) is 6.20. The maximum atomic E-state index is 12.2. The van der Waals surface area contributed by atoms with Crippen LogP contribution in [-0.2, 0) is 0 Å². The van der Waals surface area contributed by atoms with Gasteiger partial charge in [0, 0.05) is 6.04 Å². The molecule has 18 heavy (non-hydrogen) atoms. The van der Waals surface area contributed by atoms with E-state index in [2.05, 4.69) is 28.2 Å². The van der Waals surface area contributed by atoms with Crippen LogP contribution >= 0.6 is 27.3 Å². The summed E-state index contributed by atoms with van der Waals surface area (Å²) >= 11 is 4.99. The molecule has 2 atom stereocenters. The lowest BCUT2D eigenvalue weighted by atomic mass is 9.97. The average Bonchev–Trinajstić information content (AvgIpc) is 2.54. The first-order chi connectivity index (χ1) is 8.58. The van der Waals surface area contributed by atoms with E-state index >= 15 is 0 Å². The van der Waals surface area contributed by atoms with E-state index in [-0.39, 0.29) is 5.91 Å². The van der Waals surface area contributed by atoms with Crippen LogP contribution in [0.5, 0.6) is 0 Å². The number of carbonyl (C=O) groups excluding carboxylic acids is 1. The molecule has 0 aliphatic heterocycles. The average molecular weight is 330 g/mol. The second kappa shape index (κ2) is 6.20. The Labute approximate surface area is 121 Å². The van der Waals surface area contributed by atoms with Crippen LogP contribution in [-0.4, -0.2) is 11.9 Å². The highest BCUT2D eigenvalue weighted by atomic mass is 79.9. The highest BCUT2D eigenvalue weighted by Gasteiger charge is 2.22. The van der Waals surface area contributed by atoms with E-state index in [0.29, 0.717) is 12.0 Å². The van der Waals surface area contributed by atoms with Crippen molar-refractivity contribution in [3.05, 3.63) is 20.3 Å². The summed E-state index contributed by atoms with van der Waals surface area (Å²) in [5.74, 6) is 0.688. The Bertz CT molecular complexity index is 410. The molecule has 0 bridgehead atoms. The summed E-state index contributed by atoms with van der Waals surface area (Å²) in [6.45, 7) is 4.28. The highest BCUT2D eigenvalue weighted by molar-refractivity contribution is 9.11. The second-order valence-corrected chi connectivity index (χ2v) is 7.63. The van der Waals surface area contributed by atoms with E-state index in [0.717, 1.165) is 20.6 Å². The van der Waals surface area contributed by atoms with Crippen molar-refractivity contribution >= 4 is 33.2 Å². The first-order valence-electron chi connectivity index (χ1n) is 6.64. The standard InChI is InChI=1S/C14H20BrNOS/c1-9-6-4-3-5-7-11(9)16-14(17)12-8-10(2)13(15)18-12/h8-9,11H,3-7H2,1-2H3,(H,16,17). The maximum Gasteiger partial charge on any atom is 0.261 e. The van der Waals surface area contributed by atoms with Gasteiger partial charge >= 0.3 is 0 Å². The minimum absolute atomic E-state index is 0.0903. The molecule has 2 unspecified atom stereocenters. The van der Waals surface area contributed by atoms with Crippen molar-refractivity contribution < 1.29 is 4.79 Å². The Kier molecular flexibility index (Phi) is 4.84. The fourth-order valence-corrected chi connectivity index (χ4v) is 3.96. The lowest BCUT2D eigenvalue weighted by molar-refractivity contribution is 0.0925. The summed E-state index contributed by atoms with van der Waals surface area (Å²) in [5, 5.41) is 3.22. The van der Waals surface area contributed by atoms with Crippen molar-refractivity contribution in [1.82, 2.24) is 5.32 Å². The van der Waals surface area contributed by atoms with E-state index in [1.165, 1.54) is 37.0 Å². The fraction of sp³-hybridized carbons (Fsp3) is 0.643. The van der Waals surface area contributed by atoms with Gasteiger partial charge in [-0.2, -0.15) is 0 Å². The Hall–Kier alpha value is -0.350. The van der Waals surface area contributed by atoms with Crippen LogP contribution in [0.4, 0.5) is 0 Å². The minimum atomic E-state index is 0.0903. The zero-order valence-corrected chi connectivity index (χ0v) is 13.4. The Morgan fingerprint density at radius 3 is 2.78 bits per heavy atom. The topological polar surface area (TPSA) is 29.1 Å². The summed E-state index contributed by atoms with van der Waals surface area (Å²) in [5.41, 5.74) is 1.14. The van der Waals surface area contributed by atoms with E-state index in [4.69, 9.17) is 0 Å². The number of carbonyl (C=O) groups is 1. The number of aryl methyl sites for hydroxylation is 1. The number of thiophene rings is 1. The normalized spacial score (nSPS) is 24.6. The first kappa shape index (κ1) is 14.1. The molecule has 0 spiro atoms. The summed E-state index contributed by atoms with van der Waals surface area (Å²) in [7, 11) is 0. The SMILES string of the molecule is Cc1cc(C(=O)NC2CCCCCC2C)sc1Br. The number of hydrogen-bond acceptors (Lipinski definition) is 2. The second-order valence-electron chi connectivity index (χ2n) is 5.26. The zero-order valence-electron chi connectivity index (χ0n) is 11.0. The van der Waals surface area contributed by atoms with Crippen LogP contribution in [0.1, 0.15) is 54.3 Å². The fourth-order valence-electron chi connectivity index (χ4n) is 2.52. The number of nitrogens with one attached hydrogen (secondary N) is 1. The molecule has 1 aromatic heterocycles. The molecule has 0 saturated heterocycles. The van der Waals surface area contributed by atoms with Gasteiger partial charge in [0.15, 0.2) is 0 Å². The van der Waals surface area contributed by atoms with Crippen LogP contribution < -0.4 is 5.32 Å². The molecule has 1 aliphatic carbocycles. The number of amides is 1. The first-order valence-corrected chi connectivity index (χ1v) is 8.25. The quantitative estimate of drug-likeness (QED) is 0.794. The van der Waals surface area contributed by atoms with Crippen molar-refractivity contribution in [2.45, 2.75) is 52.0 Å². The predicted molar refractivity (Wildman–Crippen MR) is 80.3 cm³/mol. The molecule has 1 amide bonds. The Morgan fingerprint density at radius 1 is 1.39 bits per heavy atom. The molecular weight excluding hydrogens is 310 g/mol. The van der Waals surface area contributed by atoms with Crippen LogP contribution in [0.25, 0.3) is 0 Å². The predicted octanol–water partition coefficient (Wildman–Crippen LogP) is 4.52. The van der Waals surface area contributed by atoms with Crippen LogP contribution in [0.3, 0.4) is 0 Å². The third-order valence-electron chi connectivity index (χ3n) is 3.76. The van der Waals surface area contributed by atoms with Gasteiger partial charge in [-0.3, -0.25) is 4.79 Å². The molecule has 2 nitrogen and oxygen atoms in total. The van der Waals surface area contributed by atoms with Crippen molar-refractivity contribution in [2.24, 2.45) is 5.92 Å². The number of rotatable bonds is 2. The lowest BCUT2D eigenvalue weighted by Crippen LogP contribution is -2.38. The van der Waals surface area contributed by atoms with E-state index in [9.17, 15) is 4.79 Å². The molecule has 1 heterocycles. The van der Waals surface area contributed by atoms with E-state index < -0.39 is 0 Å². The largest absolute Gasteiger partial charge is 0.348 e. The molecule has 0 aromatic carbocycles. The maximum absolute atomic E-state index is 12.2. The van der Waals surface area contributed by atoms with Gasteiger partial charge in [0.05, 0.1) is 8.66 Å². The summed E-state index contributed by atoms with van der Waals surface area (Å²) in [6, 6.07) is 2.31. The number of hydrogen-bond donors (Lipinski definition) is 1. The van der Waals surface area contributed by atoms with E-state index in [1.807, 2.05) is 13.0 Å². The zero-order chi connectivity index (χ0) is 13.1. The molecule has 100 valence electrons. The molecule has 1 fully saturated rings. The third-order valence-corrected chi connectivity index (χ3v) is 5.89. The summed E-state index contributed by atoms with van der Waals surface area (Å²) < 4.78 is 1.06. The molecule has 1 N–H and O–H groups in total. The van der Waals surface area contributed by atoms with Crippen LogP contribution in [0.2, 0.25) is 0 Å². The van der Waals surface area contributed by atoms with Gasteiger partial charge in [0.1, 0.15) is 0 Å². The van der Waals surface area contributed by atoms with Gasteiger partial charge in [-0.15, -0.1) is 11.3 Å². The molecule has 1 aromatic rings. The van der Waals surface area contributed by atoms with Gasteiger partial charge in [0.25, 0.3) is 5.91 Å². The van der Waals surface area contributed by atoms with Crippen molar-refractivity contribution in [1.29, 1.82) is 0 Å². The molecule has 0 radical (unpaired) electrons. The highest BCUT2D eigenvalue weighted by Crippen LogP contribution is 2.28. The summed E-state index contributed by atoms with van der Waals surface area (Å²) in [4.78, 5) is 13.0. The third kappa shape index (κ3) is 3.35. The molecular formula is C14H20BrNOS. The van der Waals surface area contributed by atoms with Crippen LogP contribution in [0.15, 0.2) is 9.85 Å².